The zero-order valence-electron chi connectivity index (χ0n) is 18.6. The molecule has 0 spiro atoms. The second-order valence-corrected chi connectivity index (χ2v) is 9.32. The normalized spacial score (nSPS) is 11.9. The molecule has 7 nitrogen and oxygen atoms in total. The number of alkyl halides is 3. The van der Waals surface area contributed by atoms with Crippen molar-refractivity contribution in [3.63, 3.8) is 0 Å². The summed E-state index contributed by atoms with van der Waals surface area (Å²) in [4.78, 5) is 36.6. The second-order valence-electron chi connectivity index (χ2n) is 7.40. The van der Waals surface area contributed by atoms with Crippen LogP contribution < -0.4 is 15.8 Å². The smallest absolute Gasteiger partial charge is 0.349 e. The van der Waals surface area contributed by atoms with Crippen LogP contribution in [0.1, 0.15) is 39.3 Å². The highest BCUT2D eigenvalue weighted by atomic mass is 32.2. The van der Waals surface area contributed by atoms with E-state index in [9.17, 15) is 22.8 Å². The third-order valence-electron chi connectivity index (χ3n) is 4.80. The average molecular weight is 500 g/mol. The summed E-state index contributed by atoms with van der Waals surface area (Å²) in [5.41, 5.74) is -0.409. The molecule has 178 valence electrons. The van der Waals surface area contributed by atoms with Crippen molar-refractivity contribution in [1.29, 1.82) is 0 Å². The van der Waals surface area contributed by atoms with Crippen LogP contribution >= 0.6 is 23.1 Å². The van der Waals surface area contributed by atoms with Gasteiger partial charge in [-0.05, 0) is 52.0 Å². The molecule has 1 amide bonds. The summed E-state index contributed by atoms with van der Waals surface area (Å²) >= 11 is 2.38. The molecule has 33 heavy (non-hydrogen) atoms. The van der Waals surface area contributed by atoms with Gasteiger partial charge in [-0.15, -0.1) is 0 Å². The summed E-state index contributed by atoms with van der Waals surface area (Å²) in [6.07, 6.45) is -4.44. The molecule has 0 radical (unpaired) electrons. The number of carbonyl (C=O) groups is 1. The minimum atomic E-state index is -4.44. The Hall–Kier alpha value is -2.60. The molecule has 3 aromatic rings. The summed E-state index contributed by atoms with van der Waals surface area (Å²) < 4.78 is 40.1. The van der Waals surface area contributed by atoms with Crippen LogP contribution in [0.2, 0.25) is 0 Å². The maximum absolute atomic E-state index is 13.1. The van der Waals surface area contributed by atoms with Crippen molar-refractivity contribution in [3.05, 3.63) is 40.2 Å². The van der Waals surface area contributed by atoms with E-state index in [-0.39, 0.29) is 23.0 Å². The minimum Gasteiger partial charge on any atom is -0.349 e. The molecule has 2 heterocycles. The van der Waals surface area contributed by atoms with Crippen LogP contribution in [0.15, 0.2) is 34.2 Å². The number of benzene rings is 1. The largest absolute Gasteiger partial charge is 0.416 e. The van der Waals surface area contributed by atoms with Crippen molar-refractivity contribution >= 4 is 50.2 Å². The minimum absolute atomic E-state index is 0.0707. The third-order valence-corrected chi connectivity index (χ3v) is 6.84. The van der Waals surface area contributed by atoms with Crippen LogP contribution in [0.4, 0.5) is 24.0 Å². The first-order valence-corrected chi connectivity index (χ1v) is 12.1. The highest BCUT2D eigenvalue weighted by molar-refractivity contribution is 7.99. The van der Waals surface area contributed by atoms with Crippen LogP contribution in [0, 0.1) is 0 Å². The molecule has 0 aliphatic rings. The average Bonchev–Trinajstić information content (AvgIpc) is 3.17. The Balaban J connectivity index is 1.80. The zero-order chi connectivity index (χ0) is 24.3. The Labute approximate surface area is 197 Å². The first-order valence-electron chi connectivity index (χ1n) is 10.3. The molecule has 0 aliphatic carbocycles. The third kappa shape index (κ3) is 5.67. The van der Waals surface area contributed by atoms with Gasteiger partial charge in [-0.1, -0.05) is 23.1 Å². The van der Waals surface area contributed by atoms with E-state index in [0.717, 1.165) is 42.1 Å². The topological polar surface area (TPSA) is 80.1 Å². The maximum atomic E-state index is 13.1. The first-order chi connectivity index (χ1) is 15.5. The van der Waals surface area contributed by atoms with Gasteiger partial charge >= 0.3 is 6.18 Å². The zero-order valence-corrected chi connectivity index (χ0v) is 20.2. The number of fused-ring (bicyclic) bond motifs is 1. The first kappa shape index (κ1) is 25.0. The summed E-state index contributed by atoms with van der Waals surface area (Å²) in [5, 5.41) is 3.65. The number of aromatic nitrogens is 3. The quantitative estimate of drug-likeness (QED) is 0.346. The molecular weight excluding hydrogens is 475 g/mol. The van der Waals surface area contributed by atoms with Crippen LogP contribution in [-0.2, 0) is 11.0 Å². The molecule has 0 unspecified atom stereocenters. The van der Waals surface area contributed by atoms with Gasteiger partial charge in [-0.3, -0.25) is 14.2 Å². The van der Waals surface area contributed by atoms with Gasteiger partial charge in [0.25, 0.3) is 5.56 Å². The molecule has 1 aromatic carbocycles. The lowest BCUT2D eigenvalue weighted by atomic mass is 10.2. The summed E-state index contributed by atoms with van der Waals surface area (Å²) in [6.45, 7) is 9.22. The van der Waals surface area contributed by atoms with Gasteiger partial charge in [0.05, 0.1) is 11.3 Å². The lowest BCUT2D eigenvalue weighted by Crippen LogP contribution is -2.25. The van der Waals surface area contributed by atoms with E-state index in [1.807, 2.05) is 32.6 Å². The molecular formula is C21H24F3N5O2S2. The van der Waals surface area contributed by atoms with Gasteiger partial charge in [0, 0.05) is 24.8 Å². The van der Waals surface area contributed by atoms with Gasteiger partial charge in [-0.25, -0.2) is 4.98 Å². The fraction of sp³-hybridized carbons (Fsp3) is 0.429. The van der Waals surface area contributed by atoms with Gasteiger partial charge in [0.15, 0.2) is 15.9 Å². The van der Waals surface area contributed by atoms with Crippen molar-refractivity contribution < 1.29 is 18.0 Å². The van der Waals surface area contributed by atoms with Crippen molar-refractivity contribution in [1.82, 2.24) is 14.5 Å². The molecule has 0 fully saturated rings. The van der Waals surface area contributed by atoms with Crippen LogP contribution in [0.25, 0.3) is 10.3 Å². The number of hydrogen-bond acceptors (Lipinski definition) is 7. The molecule has 0 saturated carbocycles. The Kier molecular flexibility index (Phi) is 7.68. The molecule has 0 bridgehead atoms. The predicted molar refractivity (Wildman–Crippen MR) is 126 cm³/mol. The molecule has 12 heteroatoms. The Bertz CT molecular complexity index is 1190. The van der Waals surface area contributed by atoms with Gasteiger partial charge in [0.1, 0.15) is 4.70 Å². The number of nitrogens with one attached hydrogen (secondary N) is 1. The fourth-order valence-electron chi connectivity index (χ4n) is 3.11. The molecule has 0 saturated heterocycles. The second kappa shape index (κ2) is 10.1. The van der Waals surface area contributed by atoms with E-state index in [4.69, 9.17) is 0 Å². The predicted octanol–water partition coefficient (Wildman–Crippen LogP) is 5.03. The van der Waals surface area contributed by atoms with E-state index in [1.54, 1.807) is 0 Å². The molecule has 0 atom stereocenters. The summed E-state index contributed by atoms with van der Waals surface area (Å²) in [6, 6.07) is 4.02. The lowest BCUT2D eigenvalue weighted by molar-refractivity contribution is -0.137. The number of carbonyl (C=O) groups excluding carboxylic acids is 1. The number of anilines is 2. The summed E-state index contributed by atoms with van der Waals surface area (Å²) in [7, 11) is 0. The number of halogens is 3. The molecule has 1 N–H and O–H groups in total. The summed E-state index contributed by atoms with van der Waals surface area (Å²) in [5.74, 6) is -0.495. The highest BCUT2D eigenvalue weighted by Crippen LogP contribution is 2.30. The van der Waals surface area contributed by atoms with Gasteiger partial charge < -0.3 is 10.2 Å². The fourth-order valence-corrected chi connectivity index (χ4v) is 5.10. The number of thiazole rings is 1. The van der Waals surface area contributed by atoms with E-state index >= 15 is 0 Å². The molecule has 3 rings (SSSR count). The molecule has 0 aliphatic heterocycles. The molecule has 2 aromatic heterocycles. The number of amides is 1. The SMILES string of the molecule is CCN(CC)c1nc2nc(SCC(=O)Nc3ccc(C(F)(F)F)cc3)n(C(C)C)c(=O)c2s1. The number of nitrogens with zero attached hydrogens (tertiary/aromatic N) is 4. The van der Waals surface area contributed by atoms with Crippen molar-refractivity contribution in [2.45, 2.75) is 45.1 Å². The lowest BCUT2D eigenvalue weighted by Gasteiger charge is -2.15. The van der Waals surface area contributed by atoms with Crippen LogP contribution in [0.3, 0.4) is 0 Å². The van der Waals surface area contributed by atoms with Crippen LogP contribution in [-0.4, -0.2) is 39.3 Å². The van der Waals surface area contributed by atoms with Gasteiger partial charge in [0.2, 0.25) is 5.91 Å². The van der Waals surface area contributed by atoms with E-state index in [1.165, 1.54) is 28.0 Å². The Morgan fingerprint density at radius 2 is 1.82 bits per heavy atom. The van der Waals surface area contributed by atoms with Gasteiger partial charge in [-0.2, -0.15) is 18.2 Å². The van der Waals surface area contributed by atoms with Crippen molar-refractivity contribution in [3.8, 4) is 0 Å². The monoisotopic (exact) mass is 499 g/mol. The van der Waals surface area contributed by atoms with Crippen molar-refractivity contribution in [2.24, 2.45) is 0 Å². The Morgan fingerprint density at radius 3 is 2.36 bits per heavy atom. The number of rotatable bonds is 8. The standard InChI is InChI=1S/C21H24F3N5O2S2/c1-5-28(6-2)19-26-17-16(33-19)18(31)29(12(3)4)20(27-17)32-11-15(30)25-14-9-7-13(8-10-14)21(22,23)24/h7-10,12H,5-6,11H2,1-4H3,(H,25,30). The van der Waals surface area contributed by atoms with Crippen molar-refractivity contribution in [2.75, 3.05) is 29.1 Å². The Morgan fingerprint density at radius 1 is 1.18 bits per heavy atom. The number of hydrogen-bond donors (Lipinski definition) is 1. The number of thioether (sulfide) groups is 1. The maximum Gasteiger partial charge on any atom is 0.416 e. The highest BCUT2D eigenvalue weighted by Gasteiger charge is 2.30. The van der Waals surface area contributed by atoms with E-state index in [0.29, 0.717) is 15.5 Å². The van der Waals surface area contributed by atoms with E-state index < -0.39 is 17.6 Å². The van der Waals surface area contributed by atoms with Crippen LogP contribution in [0.5, 0.6) is 0 Å². The van der Waals surface area contributed by atoms with E-state index in [2.05, 4.69) is 15.3 Å².